The normalized spacial score (nSPS) is 11.0. The molecule has 0 heterocycles. The fourth-order valence-corrected chi connectivity index (χ4v) is 4.29. The summed E-state index contributed by atoms with van der Waals surface area (Å²) in [5, 5.41) is 0. The Kier molecular flexibility index (Phi) is 15.7. The lowest BCUT2D eigenvalue weighted by atomic mass is 10.1. The summed E-state index contributed by atoms with van der Waals surface area (Å²) < 4.78 is 17.9. The zero-order chi connectivity index (χ0) is 27.8. The average Bonchev–Trinajstić information content (AvgIpc) is 2.93. The van der Waals surface area contributed by atoms with E-state index < -0.39 is 0 Å². The van der Waals surface area contributed by atoms with Crippen LogP contribution in [0.3, 0.4) is 0 Å². The Morgan fingerprint density at radius 1 is 0.600 bits per heavy atom. The lowest BCUT2D eigenvalue weighted by Gasteiger charge is -2.23. The van der Waals surface area contributed by atoms with E-state index in [1.165, 1.54) is 37.8 Å². The highest BCUT2D eigenvalue weighted by atomic mass is 127. The van der Waals surface area contributed by atoms with E-state index in [0.717, 1.165) is 53.0 Å². The maximum atomic E-state index is 12.1. The van der Waals surface area contributed by atoms with Gasteiger partial charge in [-0.1, -0.05) is 81.0 Å². The van der Waals surface area contributed by atoms with Crippen molar-refractivity contribution < 1.29 is 43.0 Å². The minimum atomic E-state index is -0.137. The number of carbonyl (C=O) groups excluding carboxylic acids is 1. The Bertz CT molecular complexity index is 1080. The van der Waals surface area contributed by atoms with Gasteiger partial charge in [0.25, 0.3) is 0 Å². The van der Waals surface area contributed by atoms with Crippen LogP contribution in [-0.4, -0.2) is 40.3 Å². The Hall–Kier alpha value is -2.58. The number of quaternary nitrogens is 1. The molecule has 0 unspecified atom stereocenters. The fourth-order valence-electron chi connectivity index (χ4n) is 4.29. The predicted molar refractivity (Wildman–Crippen MR) is 160 cm³/mol. The second-order valence-corrected chi connectivity index (χ2v) is 11.0. The van der Waals surface area contributed by atoms with Crippen molar-refractivity contribution in [2.75, 3.05) is 34.4 Å². The molecule has 6 heteroatoms. The average molecular weight is 660 g/mol. The van der Waals surface area contributed by atoms with E-state index in [1.54, 1.807) is 0 Å². The van der Waals surface area contributed by atoms with Gasteiger partial charge in [0.15, 0.2) is 0 Å². The van der Waals surface area contributed by atoms with Crippen LogP contribution in [0.4, 0.5) is 5.69 Å². The van der Waals surface area contributed by atoms with Crippen LogP contribution in [0.25, 0.3) is 0 Å². The monoisotopic (exact) mass is 659 g/mol. The van der Waals surface area contributed by atoms with Gasteiger partial charge in [-0.2, -0.15) is 0 Å². The third-order valence-electron chi connectivity index (χ3n) is 6.70. The van der Waals surface area contributed by atoms with E-state index in [-0.39, 0.29) is 29.9 Å². The zero-order valence-corrected chi connectivity index (χ0v) is 26.6. The molecule has 218 valence electrons. The van der Waals surface area contributed by atoms with Gasteiger partial charge in [0, 0.05) is 0 Å². The summed E-state index contributed by atoms with van der Waals surface area (Å²) in [5.74, 6) is 1.61. The number of carbonyl (C=O) groups is 1. The largest absolute Gasteiger partial charge is 1.00 e. The van der Waals surface area contributed by atoms with Gasteiger partial charge in [-0.05, 0) is 60.4 Å². The van der Waals surface area contributed by atoms with Crippen LogP contribution in [0.2, 0.25) is 0 Å². The van der Waals surface area contributed by atoms with Gasteiger partial charge in [-0.3, -0.25) is 9.28 Å². The molecule has 0 spiro atoms. The molecule has 0 aliphatic heterocycles. The smallest absolute Gasteiger partial charge is 0.310 e. The van der Waals surface area contributed by atoms with E-state index in [4.69, 9.17) is 14.2 Å². The number of ether oxygens (including phenoxy) is 3. The van der Waals surface area contributed by atoms with E-state index >= 15 is 0 Å². The minimum absolute atomic E-state index is 0. The molecule has 0 saturated heterocycles. The molecule has 0 aromatic heterocycles. The third-order valence-corrected chi connectivity index (χ3v) is 6.70. The molecule has 0 N–H and O–H groups in total. The molecular formula is C34H46INO4. The topological polar surface area (TPSA) is 44.8 Å². The first kappa shape index (κ1) is 33.6. The Labute approximate surface area is 258 Å². The van der Waals surface area contributed by atoms with E-state index in [2.05, 4.69) is 45.4 Å². The standard InChI is InChI=1S/C34H46NO4.HI/c1-35(2,3)31-19-17-29(18-20-31)27-34(36)38-26-14-9-7-5-4-6-8-13-25-37-32-21-23-33(24-22-32)39-28-30-15-11-10-12-16-30;/h10-12,15-24H,4-9,13-14,25-28H2,1-3H3;1H/q+1;/p-1. The summed E-state index contributed by atoms with van der Waals surface area (Å²) in [7, 11) is 6.39. The Morgan fingerprint density at radius 3 is 1.70 bits per heavy atom. The van der Waals surface area contributed by atoms with Crippen molar-refractivity contribution in [2.45, 2.75) is 64.4 Å². The van der Waals surface area contributed by atoms with E-state index in [0.29, 0.717) is 19.6 Å². The van der Waals surface area contributed by atoms with Gasteiger partial charge in [0.2, 0.25) is 0 Å². The number of rotatable bonds is 18. The van der Waals surface area contributed by atoms with Crippen molar-refractivity contribution in [3.05, 3.63) is 90.0 Å². The maximum Gasteiger partial charge on any atom is 0.310 e. The van der Waals surface area contributed by atoms with Crippen LogP contribution in [0.15, 0.2) is 78.9 Å². The molecule has 0 fully saturated rings. The number of nitrogens with zero attached hydrogens (tertiary/aromatic N) is 1. The summed E-state index contributed by atoms with van der Waals surface area (Å²) >= 11 is 0. The fraction of sp³-hybridized carbons (Fsp3) is 0.441. The van der Waals surface area contributed by atoms with Gasteiger partial charge < -0.3 is 38.2 Å². The highest BCUT2D eigenvalue weighted by Gasteiger charge is 2.12. The molecule has 0 saturated carbocycles. The van der Waals surface area contributed by atoms with Crippen molar-refractivity contribution in [1.82, 2.24) is 4.48 Å². The third kappa shape index (κ3) is 13.7. The lowest BCUT2D eigenvalue weighted by Crippen LogP contribution is -3.00. The van der Waals surface area contributed by atoms with Crippen LogP contribution < -0.4 is 37.9 Å². The first-order valence-electron chi connectivity index (χ1n) is 14.4. The number of hydrogen-bond acceptors (Lipinski definition) is 4. The second kappa shape index (κ2) is 18.7. The summed E-state index contributed by atoms with van der Waals surface area (Å²) in [6.45, 7) is 1.84. The Balaban J connectivity index is 0.00000560. The van der Waals surface area contributed by atoms with Gasteiger partial charge in [0.1, 0.15) is 23.8 Å². The number of halogens is 1. The Morgan fingerprint density at radius 2 is 1.12 bits per heavy atom. The number of hydrogen-bond donors (Lipinski definition) is 0. The molecule has 5 nitrogen and oxygen atoms in total. The van der Waals surface area contributed by atoms with Crippen molar-refractivity contribution in [1.29, 1.82) is 0 Å². The molecule has 0 aliphatic rings. The van der Waals surface area contributed by atoms with Gasteiger partial charge in [-0.15, -0.1) is 0 Å². The van der Waals surface area contributed by atoms with Crippen molar-refractivity contribution >= 4 is 11.7 Å². The van der Waals surface area contributed by atoms with Crippen LogP contribution in [0, 0.1) is 0 Å². The number of unbranched alkanes of at least 4 members (excludes halogenated alkanes) is 7. The zero-order valence-electron chi connectivity index (χ0n) is 24.4. The molecule has 0 bridgehead atoms. The van der Waals surface area contributed by atoms with Crippen molar-refractivity contribution in [3.8, 4) is 11.5 Å². The van der Waals surface area contributed by atoms with Gasteiger partial charge >= 0.3 is 5.97 Å². The molecule has 3 aromatic rings. The quantitative estimate of drug-likeness (QED) is 0.0857. The van der Waals surface area contributed by atoms with Crippen LogP contribution in [-0.2, 0) is 22.6 Å². The molecule has 40 heavy (non-hydrogen) atoms. The number of benzene rings is 3. The highest BCUT2D eigenvalue weighted by molar-refractivity contribution is 5.72. The molecule has 0 amide bonds. The predicted octanol–water partition coefficient (Wildman–Crippen LogP) is 4.75. The van der Waals surface area contributed by atoms with Gasteiger partial charge in [-0.25, -0.2) is 0 Å². The summed E-state index contributed by atoms with van der Waals surface area (Å²) in [5.41, 5.74) is 3.38. The molecule has 3 aromatic carbocycles. The number of esters is 1. The van der Waals surface area contributed by atoms with Crippen LogP contribution in [0.5, 0.6) is 11.5 Å². The highest BCUT2D eigenvalue weighted by Crippen LogP contribution is 2.20. The molecule has 0 radical (unpaired) electrons. The second-order valence-electron chi connectivity index (χ2n) is 11.0. The summed E-state index contributed by atoms with van der Waals surface area (Å²) in [6, 6.07) is 26.2. The first-order chi connectivity index (χ1) is 18.9. The van der Waals surface area contributed by atoms with E-state index in [1.807, 2.05) is 54.6 Å². The first-order valence-corrected chi connectivity index (χ1v) is 14.4. The SMILES string of the molecule is C[N+](C)(C)c1ccc(CC(=O)OCCCCCCCCCCOc2ccc(OCc3ccccc3)cc2)cc1.[I-]. The molecule has 0 atom stereocenters. The van der Waals surface area contributed by atoms with Crippen LogP contribution >= 0.6 is 0 Å². The molecule has 0 aliphatic carbocycles. The maximum absolute atomic E-state index is 12.1. The van der Waals surface area contributed by atoms with Crippen LogP contribution in [0.1, 0.15) is 62.5 Å². The summed E-state index contributed by atoms with van der Waals surface area (Å²) in [6.07, 6.45) is 9.56. The minimum Gasteiger partial charge on any atom is -1.00 e. The van der Waals surface area contributed by atoms with Crippen molar-refractivity contribution in [2.24, 2.45) is 0 Å². The summed E-state index contributed by atoms with van der Waals surface area (Å²) in [4.78, 5) is 12.1. The van der Waals surface area contributed by atoms with Gasteiger partial charge in [0.05, 0.1) is 40.8 Å². The molecule has 3 rings (SSSR count). The lowest BCUT2D eigenvalue weighted by molar-refractivity contribution is -0.142. The van der Waals surface area contributed by atoms with E-state index in [9.17, 15) is 4.79 Å². The van der Waals surface area contributed by atoms with Crippen molar-refractivity contribution in [3.63, 3.8) is 0 Å². The molecular weight excluding hydrogens is 613 g/mol.